The molecule has 2 aromatic carbocycles. The van der Waals surface area contributed by atoms with Crippen molar-refractivity contribution < 1.29 is 14.3 Å². The van der Waals surface area contributed by atoms with E-state index in [1.807, 2.05) is 42.5 Å². The molecule has 0 aromatic heterocycles. The van der Waals surface area contributed by atoms with Gasteiger partial charge in [0.1, 0.15) is 11.8 Å². The minimum atomic E-state index is -0.584. The first-order chi connectivity index (χ1) is 15.7. The molecule has 0 radical (unpaired) electrons. The van der Waals surface area contributed by atoms with Crippen LogP contribution in [0, 0.1) is 0 Å². The zero-order chi connectivity index (χ0) is 22.3. The summed E-state index contributed by atoms with van der Waals surface area (Å²) in [6.07, 6.45) is 4.70. The largest absolute Gasteiger partial charge is 0.497 e. The van der Waals surface area contributed by atoms with E-state index in [0.717, 1.165) is 37.2 Å². The van der Waals surface area contributed by atoms with Crippen LogP contribution in [0.25, 0.3) is 0 Å². The molecule has 0 spiro atoms. The molecular weight excluding hydrogens is 402 g/mol. The lowest BCUT2D eigenvalue weighted by Gasteiger charge is -2.35. The third kappa shape index (κ3) is 5.13. The number of carbonyl (C=O) groups is 2. The van der Waals surface area contributed by atoms with Crippen LogP contribution in [-0.4, -0.2) is 54.9 Å². The lowest BCUT2D eigenvalue weighted by molar-refractivity contribution is -0.142. The van der Waals surface area contributed by atoms with Crippen LogP contribution < -0.4 is 10.1 Å². The number of nitrogens with one attached hydrogen (secondary N) is 1. The predicted molar refractivity (Wildman–Crippen MR) is 124 cm³/mol. The number of likely N-dealkylation sites (tertiary alicyclic amines) is 2. The first-order valence-electron chi connectivity index (χ1n) is 11.7. The van der Waals surface area contributed by atoms with Crippen molar-refractivity contribution in [2.75, 3.05) is 33.3 Å². The number of benzene rings is 2. The summed E-state index contributed by atoms with van der Waals surface area (Å²) in [5.41, 5.74) is 2.03. The van der Waals surface area contributed by atoms with Crippen LogP contribution in [0.5, 0.6) is 5.75 Å². The van der Waals surface area contributed by atoms with Gasteiger partial charge in [0, 0.05) is 19.5 Å². The number of rotatable bonds is 8. The van der Waals surface area contributed by atoms with Crippen LogP contribution in [0.4, 0.5) is 0 Å². The second-order valence-corrected chi connectivity index (χ2v) is 8.63. The van der Waals surface area contributed by atoms with Gasteiger partial charge in [-0.05, 0) is 62.0 Å². The van der Waals surface area contributed by atoms with Crippen molar-refractivity contribution in [1.29, 1.82) is 0 Å². The molecule has 2 amide bonds. The van der Waals surface area contributed by atoms with E-state index >= 15 is 0 Å². The van der Waals surface area contributed by atoms with Gasteiger partial charge < -0.3 is 15.0 Å². The fraction of sp³-hybridized carbons (Fsp3) is 0.462. The van der Waals surface area contributed by atoms with Crippen LogP contribution in [-0.2, 0) is 9.59 Å². The molecule has 6 nitrogen and oxygen atoms in total. The van der Waals surface area contributed by atoms with Gasteiger partial charge in [0.25, 0.3) is 0 Å². The highest BCUT2D eigenvalue weighted by Crippen LogP contribution is 2.28. The summed E-state index contributed by atoms with van der Waals surface area (Å²) in [6, 6.07) is 17.3. The van der Waals surface area contributed by atoms with Crippen LogP contribution in [0.1, 0.15) is 55.3 Å². The van der Waals surface area contributed by atoms with Gasteiger partial charge in [0.2, 0.25) is 11.8 Å². The Hall–Kier alpha value is -2.86. The highest BCUT2D eigenvalue weighted by Gasteiger charge is 2.33. The van der Waals surface area contributed by atoms with Crippen LogP contribution in [0.15, 0.2) is 54.6 Å². The number of nitrogens with zero attached hydrogens (tertiary/aromatic N) is 2. The molecule has 32 heavy (non-hydrogen) atoms. The van der Waals surface area contributed by atoms with Crippen molar-refractivity contribution in [2.24, 2.45) is 0 Å². The number of piperidine rings is 1. The smallest absolute Gasteiger partial charge is 0.247 e. The lowest BCUT2D eigenvalue weighted by atomic mass is 10.00. The van der Waals surface area contributed by atoms with E-state index < -0.39 is 6.04 Å². The fourth-order valence-corrected chi connectivity index (χ4v) is 4.84. The monoisotopic (exact) mass is 435 g/mol. The van der Waals surface area contributed by atoms with Crippen molar-refractivity contribution in [2.45, 2.75) is 44.2 Å². The Kier molecular flexibility index (Phi) is 7.43. The Balaban J connectivity index is 1.53. The van der Waals surface area contributed by atoms with E-state index in [9.17, 15) is 9.59 Å². The molecule has 2 heterocycles. The van der Waals surface area contributed by atoms with Gasteiger partial charge in [0.15, 0.2) is 0 Å². The maximum absolute atomic E-state index is 13.5. The molecule has 6 heteroatoms. The van der Waals surface area contributed by atoms with Gasteiger partial charge >= 0.3 is 0 Å². The van der Waals surface area contributed by atoms with Gasteiger partial charge in [-0.15, -0.1) is 0 Å². The van der Waals surface area contributed by atoms with E-state index in [4.69, 9.17) is 4.74 Å². The van der Waals surface area contributed by atoms with Crippen molar-refractivity contribution in [3.63, 3.8) is 0 Å². The second kappa shape index (κ2) is 10.6. The summed E-state index contributed by atoms with van der Waals surface area (Å²) in [5.74, 6) is 0.779. The van der Waals surface area contributed by atoms with Crippen molar-refractivity contribution in [3.8, 4) is 5.75 Å². The first kappa shape index (κ1) is 22.3. The SMILES string of the molecule is COc1ccc(C(CNC(=O)C(c2ccccc2)N2CCCCC2=O)N2CCCC2)cc1. The van der Waals surface area contributed by atoms with Crippen LogP contribution >= 0.6 is 0 Å². The zero-order valence-electron chi connectivity index (χ0n) is 18.8. The molecule has 2 aliphatic heterocycles. The zero-order valence-corrected chi connectivity index (χ0v) is 18.8. The van der Waals surface area contributed by atoms with Gasteiger partial charge in [-0.2, -0.15) is 0 Å². The fourth-order valence-electron chi connectivity index (χ4n) is 4.84. The van der Waals surface area contributed by atoms with Crippen molar-refractivity contribution in [3.05, 3.63) is 65.7 Å². The summed E-state index contributed by atoms with van der Waals surface area (Å²) in [5, 5.41) is 3.20. The average molecular weight is 436 g/mol. The van der Waals surface area contributed by atoms with Gasteiger partial charge in [-0.1, -0.05) is 42.5 Å². The molecule has 0 saturated carbocycles. The average Bonchev–Trinajstić information content (AvgIpc) is 3.36. The van der Waals surface area contributed by atoms with Crippen LogP contribution in [0.3, 0.4) is 0 Å². The van der Waals surface area contributed by atoms with Crippen LogP contribution in [0.2, 0.25) is 0 Å². The van der Waals surface area contributed by atoms with Crippen molar-refractivity contribution >= 4 is 11.8 Å². The van der Waals surface area contributed by atoms with E-state index in [1.54, 1.807) is 12.0 Å². The standard InChI is InChI=1S/C26H33N3O3/c1-32-22-14-12-20(13-15-22)23(28-16-7-8-17-28)19-27-26(31)25(21-9-3-2-4-10-21)29-18-6-5-11-24(29)30/h2-4,9-10,12-15,23,25H,5-8,11,16-19H2,1H3,(H,27,31). The van der Waals surface area contributed by atoms with Gasteiger partial charge in [-0.25, -0.2) is 0 Å². The molecule has 0 bridgehead atoms. The normalized spacial score (nSPS) is 18.9. The number of hydrogen-bond donors (Lipinski definition) is 1. The second-order valence-electron chi connectivity index (χ2n) is 8.63. The van der Waals surface area contributed by atoms with Gasteiger partial charge in [0.05, 0.1) is 13.2 Å². The number of carbonyl (C=O) groups excluding carboxylic acids is 2. The third-order valence-electron chi connectivity index (χ3n) is 6.59. The quantitative estimate of drug-likeness (QED) is 0.687. The molecule has 2 unspecified atom stereocenters. The molecule has 0 aliphatic carbocycles. The number of ether oxygens (including phenoxy) is 1. The molecule has 2 aliphatic rings. The summed E-state index contributed by atoms with van der Waals surface area (Å²) >= 11 is 0. The number of amides is 2. The highest BCUT2D eigenvalue weighted by molar-refractivity contribution is 5.89. The van der Waals surface area contributed by atoms with E-state index in [-0.39, 0.29) is 17.9 Å². The molecule has 2 fully saturated rings. The third-order valence-corrected chi connectivity index (χ3v) is 6.59. The Morgan fingerprint density at radius 2 is 1.62 bits per heavy atom. The molecule has 1 N–H and O–H groups in total. The van der Waals surface area contributed by atoms with Crippen molar-refractivity contribution in [1.82, 2.24) is 15.1 Å². The minimum absolute atomic E-state index is 0.0616. The minimum Gasteiger partial charge on any atom is -0.497 e. The summed E-state index contributed by atoms with van der Waals surface area (Å²) in [7, 11) is 1.67. The first-order valence-corrected chi connectivity index (χ1v) is 11.7. The predicted octanol–water partition coefficient (Wildman–Crippen LogP) is 3.70. The Morgan fingerprint density at radius 3 is 2.28 bits per heavy atom. The molecule has 2 saturated heterocycles. The maximum atomic E-state index is 13.5. The molecule has 2 atom stereocenters. The summed E-state index contributed by atoms with van der Waals surface area (Å²) < 4.78 is 5.31. The van der Waals surface area contributed by atoms with Gasteiger partial charge in [-0.3, -0.25) is 14.5 Å². The summed E-state index contributed by atoms with van der Waals surface area (Å²) in [4.78, 5) is 30.4. The maximum Gasteiger partial charge on any atom is 0.247 e. The summed E-state index contributed by atoms with van der Waals surface area (Å²) in [6.45, 7) is 3.19. The number of hydrogen-bond acceptors (Lipinski definition) is 4. The lowest BCUT2D eigenvalue weighted by Crippen LogP contribution is -2.47. The number of methoxy groups -OCH3 is 1. The topological polar surface area (TPSA) is 61.9 Å². The van der Waals surface area contributed by atoms with E-state index in [2.05, 4.69) is 22.3 Å². The molecule has 2 aromatic rings. The van der Waals surface area contributed by atoms with E-state index in [1.165, 1.54) is 18.4 Å². The molecular formula is C26H33N3O3. The molecule has 170 valence electrons. The van der Waals surface area contributed by atoms with E-state index in [0.29, 0.717) is 19.5 Å². The molecule has 4 rings (SSSR count). The highest BCUT2D eigenvalue weighted by atomic mass is 16.5. The Labute approximate surface area is 190 Å². The Morgan fingerprint density at radius 1 is 0.938 bits per heavy atom. The Bertz CT molecular complexity index is 894.